The lowest BCUT2D eigenvalue weighted by Crippen LogP contribution is -2.37. The summed E-state index contributed by atoms with van der Waals surface area (Å²) in [7, 11) is 0. The maximum Gasteiger partial charge on any atom is 0.244 e. The molecule has 0 spiro atoms. The number of benzene rings is 1. The predicted octanol–water partition coefficient (Wildman–Crippen LogP) is 4.10. The number of Topliss-reactive ketones (excluding diaryl/α,β-unsaturated/α-hetero) is 1. The van der Waals surface area contributed by atoms with Gasteiger partial charge in [-0.15, -0.1) is 23.2 Å². The van der Waals surface area contributed by atoms with Crippen LogP contribution in [0, 0.1) is 0 Å². The molecule has 1 aliphatic heterocycles. The summed E-state index contributed by atoms with van der Waals surface area (Å²) in [5.74, 6) is -0.00436. The van der Waals surface area contributed by atoms with Crippen molar-refractivity contribution in [3.05, 3.63) is 30.0 Å². The standard InChI is InChI=1S/C16H19N3O2.C7H11Cl2NO/c1-11-6-5-9-18(11)15(21)10-19-14-8-4-3-7-13(14)16(17-19)12(2)20;8-7(9)3-1-2-6(4-7)10-5-11/h3-4,7-8,11H,5-6,9-10H2,1-2H3;5-6H,1-4H2,(H,10,11). The molecule has 2 unspecified atom stereocenters. The van der Waals surface area contributed by atoms with E-state index >= 15 is 0 Å². The second-order valence-corrected chi connectivity index (χ2v) is 10.2. The van der Waals surface area contributed by atoms with Crippen molar-refractivity contribution in [1.82, 2.24) is 20.0 Å². The van der Waals surface area contributed by atoms with E-state index in [9.17, 15) is 14.4 Å². The normalized spacial score (nSPS) is 22.2. The van der Waals surface area contributed by atoms with Crippen LogP contribution < -0.4 is 5.32 Å². The van der Waals surface area contributed by atoms with Crippen LogP contribution in [0.1, 0.15) is 62.9 Å². The third-order valence-corrected chi connectivity index (χ3v) is 6.78. The smallest absolute Gasteiger partial charge is 0.244 e. The highest BCUT2D eigenvalue weighted by Gasteiger charge is 2.32. The zero-order valence-electron chi connectivity index (χ0n) is 18.5. The Morgan fingerprint density at radius 3 is 2.62 bits per heavy atom. The molecule has 7 nitrogen and oxygen atoms in total. The number of carbonyl (C=O) groups is 3. The lowest BCUT2D eigenvalue weighted by molar-refractivity contribution is -0.132. The van der Waals surface area contributed by atoms with Gasteiger partial charge in [0.25, 0.3) is 0 Å². The SMILES string of the molecule is CC(=O)c1nn(CC(=O)N2CCCC2C)c2ccccc12.O=CNC1CCCC(Cl)(Cl)C1. The van der Waals surface area contributed by atoms with Gasteiger partial charge in [-0.05, 0) is 45.1 Å². The second-order valence-electron chi connectivity index (χ2n) is 8.59. The largest absolute Gasteiger partial charge is 0.356 e. The summed E-state index contributed by atoms with van der Waals surface area (Å²) in [6, 6.07) is 8.01. The molecule has 1 saturated heterocycles. The number of nitrogens with one attached hydrogen (secondary N) is 1. The molecule has 1 aromatic carbocycles. The number of hydrogen-bond donors (Lipinski definition) is 1. The van der Waals surface area contributed by atoms with Crippen LogP contribution in [0.5, 0.6) is 0 Å². The number of alkyl halides is 2. The van der Waals surface area contributed by atoms with Crippen molar-refractivity contribution < 1.29 is 14.4 Å². The van der Waals surface area contributed by atoms with E-state index in [2.05, 4.69) is 17.3 Å². The Bertz CT molecular complexity index is 975. The highest BCUT2D eigenvalue weighted by Crippen LogP contribution is 2.37. The van der Waals surface area contributed by atoms with Crippen molar-refractivity contribution in [2.45, 2.75) is 75.3 Å². The molecule has 9 heteroatoms. The summed E-state index contributed by atoms with van der Waals surface area (Å²) in [6.07, 6.45) is 6.29. The van der Waals surface area contributed by atoms with Crippen LogP contribution in [0.15, 0.2) is 24.3 Å². The average molecular weight is 481 g/mol. The number of halogens is 2. The van der Waals surface area contributed by atoms with E-state index in [1.807, 2.05) is 29.2 Å². The lowest BCUT2D eigenvalue weighted by Gasteiger charge is -2.30. The molecule has 32 heavy (non-hydrogen) atoms. The maximum absolute atomic E-state index is 12.4. The van der Waals surface area contributed by atoms with E-state index in [1.54, 1.807) is 4.68 Å². The van der Waals surface area contributed by atoms with E-state index in [4.69, 9.17) is 23.2 Å². The lowest BCUT2D eigenvalue weighted by atomic mass is 9.95. The first-order chi connectivity index (χ1) is 15.2. The Morgan fingerprint density at radius 2 is 2.00 bits per heavy atom. The van der Waals surface area contributed by atoms with Crippen LogP contribution in [-0.4, -0.2) is 55.7 Å². The molecule has 2 heterocycles. The van der Waals surface area contributed by atoms with Crippen molar-refractivity contribution in [2.24, 2.45) is 0 Å². The molecule has 1 aliphatic carbocycles. The van der Waals surface area contributed by atoms with Crippen LogP contribution in [0.25, 0.3) is 10.9 Å². The third-order valence-electron chi connectivity index (χ3n) is 6.09. The zero-order valence-corrected chi connectivity index (χ0v) is 20.0. The Morgan fingerprint density at radius 1 is 1.25 bits per heavy atom. The molecule has 2 atom stereocenters. The third kappa shape index (κ3) is 6.01. The minimum Gasteiger partial charge on any atom is -0.356 e. The van der Waals surface area contributed by atoms with Gasteiger partial charge in [-0.3, -0.25) is 19.1 Å². The molecule has 4 rings (SSSR count). The van der Waals surface area contributed by atoms with E-state index < -0.39 is 4.33 Å². The first kappa shape index (κ1) is 24.5. The number of aromatic nitrogens is 2. The fourth-order valence-corrected chi connectivity index (χ4v) is 5.08. The summed E-state index contributed by atoms with van der Waals surface area (Å²) in [6.45, 7) is 4.59. The minimum atomic E-state index is -0.626. The van der Waals surface area contributed by atoms with Crippen molar-refractivity contribution >= 4 is 52.2 Å². The molecule has 2 amide bonds. The van der Waals surface area contributed by atoms with Crippen molar-refractivity contribution in [3.63, 3.8) is 0 Å². The van der Waals surface area contributed by atoms with Crippen LogP contribution in [-0.2, 0) is 16.1 Å². The number of likely N-dealkylation sites (tertiary alicyclic amines) is 1. The monoisotopic (exact) mass is 480 g/mol. The van der Waals surface area contributed by atoms with Crippen LogP contribution >= 0.6 is 23.2 Å². The predicted molar refractivity (Wildman–Crippen MR) is 126 cm³/mol. The fraction of sp³-hybridized carbons (Fsp3) is 0.565. The molecule has 174 valence electrons. The number of para-hydroxylation sites is 1. The summed E-state index contributed by atoms with van der Waals surface area (Å²) in [4.78, 5) is 36.1. The maximum atomic E-state index is 12.4. The van der Waals surface area contributed by atoms with Gasteiger partial charge >= 0.3 is 0 Å². The molecule has 0 radical (unpaired) electrons. The summed E-state index contributed by atoms with van der Waals surface area (Å²) in [5.41, 5.74) is 1.27. The number of ketones is 1. The number of hydrogen-bond acceptors (Lipinski definition) is 4. The van der Waals surface area contributed by atoms with Gasteiger partial charge < -0.3 is 10.2 Å². The highest BCUT2D eigenvalue weighted by molar-refractivity contribution is 6.48. The molecule has 1 aromatic heterocycles. The molecule has 2 aliphatic rings. The molecule has 1 saturated carbocycles. The molecule has 2 fully saturated rings. The van der Waals surface area contributed by atoms with Gasteiger partial charge in [-0.25, -0.2) is 0 Å². The van der Waals surface area contributed by atoms with Gasteiger partial charge in [-0.2, -0.15) is 5.10 Å². The number of rotatable bonds is 5. The van der Waals surface area contributed by atoms with E-state index in [0.717, 1.165) is 49.6 Å². The van der Waals surface area contributed by atoms with E-state index in [0.29, 0.717) is 24.6 Å². The highest BCUT2D eigenvalue weighted by atomic mass is 35.5. The summed E-state index contributed by atoms with van der Waals surface area (Å²) >= 11 is 11.8. The Hall–Kier alpha value is -2.12. The first-order valence-electron chi connectivity index (χ1n) is 11.1. The van der Waals surface area contributed by atoms with Crippen LogP contribution in [0.2, 0.25) is 0 Å². The van der Waals surface area contributed by atoms with Crippen LogP contribution in [0.4, 0.5) is 0 Å². The minimum absolute atomic E-state index is 0.0726. The van der Waals surface area contributed by atoms with Crippen LogP contribution in [0.3, 0.4) is 0 Å². The Labute approximate surface area is 198 Å². The van der Waals surface area contributed by atoms with E-state index in [-0.39, 0.29) is 24.3 Å². The first-order valence-corrected chi connectivity index (χ1v) is 11.8. The Kier molecular flexibility index (Phi) is 8.17. The van der Waals surface area contributed by atoms with Gasteiger partial charge in [0.05, 0.1) is 5.52 Å². The zero-order chi connectivity index (χ0) is 23.3. The molecular formula is C23H30Cl2N4O3. The number of nitrogens with zero attached hydrogens (tertiary/aromatic N) is 3. The van der Waals surface area contributed by atoms with Gasteiger partial charge in [0.1, 0.15) is 16.6 Å². The second kappa shape index (κ2) is 10.7. The summed E-state index contributed by atoms with van der Waals surface area (Å²) < 4.78 is 1.03. The number of carbonyl (C=O) groups excluding carboxylic acids is 3. The molecule has 2 aromatic rings. The quantitative estimate of drug-likeness (QED) is 0.396. The van der Waals surface area contributed by atoms with Crippen molar-refractivity contribution in [2.75, 3.05) is 6.54 Å². The van der Waals surface area contributed by atoms with Crippen molar-refractivity contribution in [3.8, 4) is 0 Å². The van der Waals surface area contributed by atoms with Gasteiger partial charge in [0, 0.05) is 37.4 Å². The van der Waals surface area contributed by atoms with E-state index in [1.165, 1.54) is 6.92 Å². The Balaban J connectivity index is 0.000000222. The number of amides is 2. The topological polar surface area (TPSA) is 84.3 Å². The van der Waals surface area contributed by atoms with Gasteiger partial charge in [0.15, 0.2) is 5.78 Å². The molecular weight excluding hydrogens is 451 g/mol. The average Bonchev–Trinajstić information content (AvgIpc) is 3.32. The molecule has 1 N–H and O–H groups in total. The number of fused-ring (bicyclic) bond motifs is 1. The fourth-order valence-electron chi connectivity index (χ4n) is 4.44. The molecule has 0 bridgehead atoms. The van der Waals surface area contributed by atoms with Gasteiger partial charge in [0.2, 0.25) is 12.3 Å². The van der Waals surface area contributed by atoms with Crippen molar-refractivity contribution in [1.29, 1.82) is 0 Å². The van der Waals surface area contributed by atoms with Gasteiger partial charge in [-0.1, -0.05) is 18.2 Å². The summed E-state index contributed by atoms with van der Waals surface area (Å²) in [5, 5.41) is 7.85.